The minimum Gasteiger partial charge on any atom is -0.507 e. The van der Waals surface area contributed by atoms with Crippen LogP contribution < -0.4 is 10.4 Å². The molecular formula is C23H30O9. The highest BCUT2D eigenvalue weighted by Gasteiger charge is 2.52. The maximum absolute atomic E-state index is 11.8. The van der Waals surface area contributed by atoms with Gasteiger partial charge in [0, 0.05) is 19.3 Å². The van der Waals surface area contributed by atoms with E-state index in [4.69, 9.17) is 28.1 Å². The molecule has 0 saturated carbocycles. The molecule has 0 amide bonds. The van der Waals surface area contributed by atoms with Crippen LogP contribution in [0.15, 0.2) is 27.4 Å². The molecule has 2 aromatic rings. The second-order valence-corrected chi connectivity index (χ2v) is 8.77. The Labute approximate surface area is 185 Å². The Morgan fingerprint density at radius 1 is 1.22 bits per heavy atom. The van der Waals surface area contributed by atoms with Crippen LogP contribution in [0.3, 0.4) is 0 Å². The molecule has 176 valence electrons. The predicted molar refractivity (Wildman–Crippen MR) is 114 cm³/mol. The maximum Gasteiger partial charge on any atom is 0.339 e. The highest BCUT2D eigenvalue weighted by molar-refractivity contribution is 5.86. The number of aliphatic hydroxyl groups excluding tert-OH is 1. The standard InChI is InChI=1S/C23H30O9/c1-12-15(9-8-13-14(24)11-16(25)30-19(12)13)29-22-20(31-17-7-5-6-10-28-17)18(26)21(27-4)23(2,3)32-22/h8-9,11,17-18,20-22,24,26H,5-7,10H2,1-4H3/t17?,18-,20+,21+,22+/m0/s1. The number of methoxy groups -OCH3 is 1. The lowest BCUT2D eigenvalue weighted by Crippen LogP contribution is -2.65. The Hall–Kier alpha value is -2.17. The Balaban J connectivity index is 1.67. The molecule has 3 heterocycles. The first-order valence-electron chi connectivity index (χ1n) is 10.8. The molecule has 1 aromatic carbocycles. The van der Waals surface area contributed by atoms with Crippen LogP contribution in [0.1, 0.15) is 38.7 Å². The molecule has 2 fully saturated rings. The number of hydrogen-bond donors (Lipinski definition) is 2. The van der Waals surface area contributed by atoms with Crippen LogP contribution in [0, 0.1) is 6.92 Å². The van der Waals surface area contributed by atoms with Gasteiger partial charge in [0.15, 0.2) is 12.4 Å². The zero-order valence-corrected chi connectivity index (χ0v) is 18.7. The Morgan fingerprint density at radius 3 is 2.69 bits per heavy atom. The van der Waals surface area contributed by atoms with Crippen LogP contribution in [0.25, 0.3) is 11.0 Å². The van der Waals surface area contributed by atoms with Crippen molar-refractivity contribution in [2.45, 2.75) is 76.5 Å². The number of aromatic hydroxyl groups is 1. The number of rotatable bonds is 5. The summed E-state index contributed by atoms with van der Waals surface area (Å²) in [6.07, 6.45) is -1.41. The van der Waals surface area contributed by atoms with Gasteiger partial charge in [0.1, 0.15) is 29.3 Å². The van der Waals surface area contributed by atoms with E-state index in [0.29, 0.717) is 29.7 Å². The summed E-state index contributed by atoms with van der Waals surface area (Å²) in [5, 5.41) is 21.6. The van der Waals surface area contributed by atoms with Crippen molar-refractivity contribution in [3.63, 3.8) is 0 Å². The molecule has 2 saturated heterocycles. The van der Waals surface area contributed by atoms with Crippen molar-refractivity contribution in [2.24, 2.45) is 0 Å². The van der Waals surface area contributed by atoms with Crippen LogP contribution in [0.5, 0.6) is 11.5 Å². The van der Waals surface area contributed by atoms with Gasteiger partial charge in [-0.3, -0.25) is 0 Å². The Kier molecular flexibility index (Phi) is 6.46. The highest BCUT2D eigenvalue weighted by Crippen LogP contribution is 2.37. The summed E-state index contributed by atoms with van der Waals surface area (Å²) in [5.41, 5.74) is -0.819. The zero-order valence-electron chi connectivity index (χ0n) is 18.7. The minimum absolute atomic E-state index is 0.171. The number of fused-ring (bicyclic) bond motifs is 1. The second-order valence-electron chi connectivity index (χ2n) is 8.77. The van der Waals surface area contributed by atoms with Gasteiger partial charge in [-0.1, -0.05) is 0 Å². The zero-order chi connectivity index (χ0) is 23.0. The van der Waals surface area contributed by atoms with E-state index in [1.165, 1.54) is 7.11 Å². The van der Waals surface area contributed by atoms with Gasteiger partial charge in [-0.15, -0.1) is 0 Å². The van der Waals surface area contributed by atoms with Gasteiger partial charge in [-0.2, -0.15) is 0 Å². The van der Waals surface area contributed by atoms with E-state index in [-0.39, 0.29) is 11.3 Å². The fourth-order valence-corrected chi connectivity index (χ4v) is 4.41. The van der Waals surface area contributed by atoms with Crippen LogP contribution in [-0.2, 0) is 18.9 Å². The first-order valence-corrected chi connectivity index (χ1v) is 10.8. The van der Waals surface area contributed by atoms with Gasteiger partial charge in [0.05, 0.1) is 17.1 Å². The lowest BCUT2D eigenvalue weighted by atomic mass is 9.89. The third-order valence-corrected chi connectivity index (χ3v) is 6.05. The quantitative estimate of drug-likeness (QED) is 0.663. The van der Waals surface area contributed by atoms with E-state index in [9.17, 15) is 15.0 Å². The lowest BCUT2D eigenvalue weighted by molar-refractivity contribution is -0.339. The smallest absolute Gasteiger partial charge is 0.339 e. The van der Waals surface area contributed by atoms with E-state index in [2.05, 4.69) is 0 Å². The summed E-state index contributed by atoms with van der Waals surface area (Å²) in [7, 11) is 1.51. The van der Waals surface area contributed by atoms with Gasteiger partial charge in [0.25, 0.3) is 0 Å². The molecule has 0 aliphatic carbocycles. The van der Waals surface area contributed by atoms with Crippen LogP contribution in [0.2, 0.25) is 0 Å². The summed E-state index contributed by atoms with van der Waals surface area (Å²) < 4.78 is 35.0. The molecule has 9 nitrogen and oxygen atoms in total. The molecule has 1 aromatic heterocycles. The average Bonchev–Trinajstić information content (AvgIpc) is 2.74. The fraction of sp³-hybridized carbons (Fsp3) is 0.609. The number of ether oxygens (including phenoxy) is 5. The molecule has 32 heavy (non-hydrogen) atoms. The van der Waals surface area contributed by atoms with E-state index in [1.807, 2.05) is 0 Å². The van der Waals surface area contributed by atoms with Crippen molar-refractivity contribution in [3.8, 4) is 11.5 Å². The van der Waals surface area contributed by atoms with Crippen molar-refractivity contribution < 1.29 is 38.3 Å². The predicted octanol–water partition coefficient (Wildman–Crippen LogP) is 2.61. The molecule has 1 unspecified atom stereocenters. The summed E-state index contributed by atoms with van der Waals surface area (Å²) in [6.45, 7) is 5.91. The molecule has 2 N–H and O–H groups in total. The molecule has 5 atom stereocenters. The first kappa shape index (κ1) is 23.0. The number of aliphatic hydroxyl groups is 1. The molecule has 0 radical (unpaired) electrons. The number of aryl methyl sites for hydroxylation is 1. The van der Waals surface area contributed by atoms with Gasteiger partial charge in [-0.05, 0) is 52.2 Å². The Bertz CT molecular complexity index is 1010. The van der Waals surface area contributed by atoms with Gasteiger partial charge >= 0.3 is 5.63 Å². The fourth-order valence-electron chi connectivity index (χ4n) is 4.41. The number of hydrogen-bond acceptors (Lipinski definition) is 9. The van der Waals surface area contributed by atoms with Crippen LogP contribution in [-0.4, -0.2) is 60.4 Å². The molecule has 0 spiro atoms. The highest BCUT2D eigenvalue weighted by atomic mass is 16.7. The molecule has 0 bridgehead atoms. The molecular weight excluding hydrogens is 420 g/mol. The minimum atomic E-state index is -1.04. The monoisotopic (exact) mass is 450 g/mol. The Morgan fingerprint density at radius 2 is 2.00 bits per heavy atom. The van der Waals surface area contributed by atoms with Gasteiger partial charge < -0.3 is 38.3 Å². The second kappa shape index (κ2) is 8.99. The van der Waals surface area contributed by atoms with Crippen molar-refractivity contribution in [1.82, 2.24) is 0 Å². The van der Waals surface area contributed by atoms with E-state index >= 15 is 0 Å². The molecule has 4 rings (SSSR count). The van der Waals surface area contributed by atoms with Crippen molar-refractivity contribution in [2.75, 3.05) is 13.7 Å². The summed E-state index contributed by atoms with van der Waals surface area (Å²) in [4.78, 5) is 11.8. The van der Waals surface area contributed by atoms with Crippen LogP contribution >= 0.6 is 0 Å². The molecule has 9 heteroatoms. The topological polar surface area (TPSA) is 117 Å². The maximum atomic E-state index is 11.8. The third-order valence-electron chi connectivity index (χ3n) is 6.05. The van der Waals surface area contributed by atoms with Crippen molar-refractivity contribution in [1.29, 1.82) is 0 Å². The summed E-state index contributed by atoms with van der Waals surface area (Å²) in [6, 6.07) is 4.26. The largest absolute Gasteiger partial charge is 0.507 e. The van der Waals surface area contributed by atoms with Gasteiger partial charge in [-0.25, -0.2) is 4.79 Å². The van der Waals surface area contributed by atoms with E-state index < -0.39 is 42.1 Å². The van der Waals surface area contributed by atoms with E-state index in [1.54, 1.807) is 32.9 Å². The third kappa shape index (κ3) is 4.35. The van der Waals surface area contributed by atoms with Gasteiger partial charge in [0.2, 0.25) is 6.29 Å². The van der Waals surface area contributed by atoms with Crippen molar-refractivity contribution in [3.05, 3.63) is 34.2 Å². The van der Waals surface area contributed by atoms with Crippen molar-refractivity contribution >= 4 is 11.0 Å². The normalized spacial score (nSPS) is 30.3. The lowest BCUT2D eigenvalue weighted by Gasteiger charge is -2.48. The molecule has 2 aliphatic heterocycles. The summed E-state index contributed by atoms with van der Waals surface area (Å²) in [5.74, 6) is 0.197. The average molecular weight is 450 g/mol. The number of benzene rings is 1. The SMILES string of the molecule is CO[C@@H]1[C@@H](O)[C@@H](OC2CCCCO2)[C@H](Oc2ccc3c(O)cc(=O)oc3c2C)OC1(C)C. The van der Waals surface area contributed by atoms with Crippen LogP contribution in [0.4, 0.5) is 0 Å². The summed E-state index contributed by atoms with van der Waals surface area (Å²) >= 11 is 0. The molecule has 2 aliphatic rings. The van der Waals surface area contributed by atoms with E-state index in [0.717, 1.165) is 18.9 Å². The first-order chi connectivity index (χ1) is 15.2.